The molecular weight excluding hydrogens is 546 g/mol. The number of benzene rings is 7. The minimum absolute atomic E-state index is 0.115. The lowest BCUT2D eigenvalue weighted by Gasteiger charge is -2.23. The minimum Gasteiger partial charge on any atom is -0.208 e. The summed E-state index contributed by atoms with van der Waals surface area (Å²) in [6.45, 7) is 4.67. The maximum absolute atomic E-state index is 5.17. The monoisotopic (exact) mass is 575 g/mol. The first-order valence-corrected chi connectivity index (χ1v) is 15.5. The normalized spacial score (nSPS) is 13.3. The van der Waals surface area contributed by atoms with Crippen LogP contribution < -0.4 is 0 Å². The van der Waals surface area contributed by atoms with Crippen molar-refractivity contribution < 1.29 is 0 Å². The zero-order valence-electron chi connectivity index (χ0n) is 25.1. The van der Waals surface area contributed by atoms with Crippen LogP contribution in [0.4, 0.5) is 0 Å². The van der Waals surface area contributed by atoms with Gasteiger partial charge in [-0.1, -0.05) is 141 Å². The van der Waals surface area contributed by atoms with Crippen LogP contribution in [0, 0.1) is 0 Å². The smallest absolute Gasteiger partial charge is 0.164 e. The Balaban J connectivity index is 1.29. The van der Waals surface area contributed by atoms with E-state index in [0.717, 1.165) is 32.8 Å². The second-order valence-corrected chi connectivity index (χ2v) is 12.5. The number of fused-ring (bicyclic) bond motifs is 7. The number of nitrogens with zero attached hydrogens (tertiary/aromatic N) is 3. The molecule has 1 aliphatic carbocycles. The van der Waals surface area contributed by atoms with Gasteiger partial charge in [0.05, 0.1) is 0 Å². The Morgan fingerprint density at radius 3 is 1.62 bits per heavy atom. The van der Waals surface area contributed by atoms with Crippen molar-refractivity contribution in [1.29, 1.82) is 0 Å². The van der Waals surface area contributed by atoms with Gasteiger partial charge >= 0.3 is 0 Å². The van der Waals surface area contributed by atoms with Crippen molar-refractivity contribution in [3.05, 3.63) is 151 Å². The number of aromatic nitrogens is 3. The van der Waals surface area contributed by atoms with E-state index in [1.165, 1.54) is 38.4 Å². The summed E-state index contributed by atoms with van der Waals surface area (Å²) in [7, 11) is 0. The molecule has 0 bridgehead atoms. The van der Waals surface area contributed by atoms with Gasteiger partial charge in [-0.3, -0.25) is 0 Å². The zero-order valence-corrected chi connectivity index (χ0v) is 25.1. The van der Waals surface area contributed by atoms with Gasteiger partial charge in [0.2, 0.25) is 0 Å². The van der Waals surface area contributed by atoms with Crippen molar-refractivity contribution in [1.82, 2.24) is 15.0 Å². The van der Waals surface area contributed by atoms with Crippen LogP contribution in [0.3, 0.4) is 0 Å². The number of hydrogen-bond donors (Lipinski definition) is 0. The summed E-state index contributed by atoms with van der Waals surface area (Å²) in [6.07, 6.45) is 0. The third-order valence-corrected chi connectivity index (χ3v) is 9.47. The molecule has 45 heavy (non-hydrogen) atoms. The Hall–Kier alpha value is -5.67. The van der Waals surface area contributed by atoms with Crippen molar-refractivity contribution in [2.75, 3.05) is 0 Å². The second-order valence-electron chi connectivity index (χ2n) is 12.5. The Morgan fingerprint density at radius 2 is 0.956 bits per heavy atom. The first-order chi connectivity index (χ1) is 22.0. The molecule has 0 fully saturated rings. The molecule has 3 heteroatoms. The highest BCUT2D eigenvalue weighted by Crippen LogP contribution is 2.51. The molecule has 8 aromatic rings. The van der Waals surface area contributed by atoms with Crippen LogP contribution in [0.1, 0.15) is 25.0 Å². The van der Waals surface area contributed by atoms with Gasteiger partial charge in [0.1, 0.15) is 0 Å². The van der Waals surface area contributed by atoms with Crippen molar-refractivity contribution in [3.63, 3.8) is 0 Å². The van der Waals surface area contributed by atoms with Crippen LogP contribution in [0.2, 0.25) is 0 Å². The van der Waals surface area contributed by atoms with Gasteiger partial charge in [0.25, 0.3) is 0 Å². The molecule has 9 rings (SSSR count). The van der Waals surface area contributed by atoms with E-state index in [1.54, 1.807) is 0 Å². The minimum atomic E-state index is -0.115. The van der Waals surface area contributed by atoms with E-state index < -0.39 is 0 Å². The highest BCUT2D eigenvalue weighted by atomic mass is 15.0. The van der Waals surface area contributed by atoms with E-state index in [1.807, 2.05) is 0 Å². The first-order valence-electron chi connectivity index (χ1n) is 15.5. The Kier molecular flexibility index (Phi) is 5.54. The Labute approximate surface area is 261 Å². The van der Waals surface area contributed by atoms with Crippen LogP contribution in [0.15, 0.2) is 140 Å². The summed E-state index contributed by atoms with van der Waals surface area (Å²) in [5.74, 6) is 2.01. The molecule has 0 unspecified atom stereocenters. The summed E-state index contributed by atoms with van der Waals surface area (Å²) in [4.78, 5) is 15.4. The third-order valence-electron chi connectivity index (χ3n) is 9.47. The molecule has 0 radical (unpaired) electrons. The molecule has 3 nitrogen and oxygen atoms in total. The first kappa shape index (κ1) is 25.8. The molecule has 0 saturated carbocycles. The topological polar surface area (TPSA) is 38.7 Å². The van der Waals surface area contributed by atoms with Gasteiger partial charge in [0, 0.05) is 22.1 Å². The third kappa shape index (κ3) is 4.01. The van der Waals surface area contributed by atoms with E-state index in [0.29, 0.717) is 17.5 Å². The molecule has 0 spiro atoms. The van der Waals surface area contributed by atoms with Crippen molar-refractivity contribution in [2.24, 2.45) is 0 Å². The molecule has 1 aliphatic rings. The SMILES string of the molecule is CC1(C)c2ccccc2-c2ccc3c(-c4nc(-c5ccc6ccccc6c5)nc(-c5ccc6ccccc6c5)n4)cccc3c21. The van der Waals surface area contributed by atoms with Crippen molar-refractivity contribution in [3.8, 4) is 45.3 Å². The van der Waals surface area contributed by atoms with E-state index in [9.17, 15) is 0 Å². The van der Waals surface area contributed by atoms with Gasteiger partial charge in [-0.2, -0.15) is 0 Å². The zero-order chi connectivity index (χ0) is 30.1. The maximum Gasteiger partial charge on any atom is 0.164 e. The van der Waals surface area contributed by atoms with Gasteiger partial charge < -0.3 is 0 Å². The summed E-state index contributed by atoms with van der Waals surface area (Å²) < 4.78 is 0. The molecule has 0 N–H and O–H groups in total. The van der Waals surface area contributed by atoms with E-state index in [4.69, 9.17) is 15.0 Å². The largest absolute Gasteiger partial charge is 0.208 e. The highest BCUT2D eigenvalue weighted by molar-refractivity contribution is 6.03. The summed E-state index contributed by atoms with van der Waals surface area (Å²) in [5, 5.41) is 7.09. The van der Waals surface area contributed by atoms with Crippen molar-refractivity contribution in [2.45, 2.75) is 19.3 Å². The van der Waals surface area contributed by atoms with Crippen LogP contribution in [0.25, 0.3) is 77.6 Å². The quantitative estimate of drug-likeness (QED) is 0.210. The molecule has 0 aliphatic heterocycles. The Morgan fingerprint density at radius 1 is 0.400 bits per heavy atom. The molecular formula is C42H29N3. The number of hydrogen-bond acceptors (Lipinski definition) is 3. The molecule has 212 valence electrons. The number of rotatable bonds is 3. The van der Waals surface area contributed by atoms with Gasteiger partial charge in [-0.15, -0.1) is 0 Å². The molecule has 1 heterocycles. The van der Waals surface area contributed by atoms with Gasteiger partial charge in [0.15, 0.2) is 17.5 Å². The molecule has 0 saturated heterocycles. The lowest BCUT2D eigenvalue weighted by molar-refractivity contribution is 0.666. The molecule has 0 atom stereocenters. The van der Waals surface area contributed by atoms with Crippen molar-refractivity contribution >= 4 is 32.3 Å². The van der Waals surface area contributed by atoms with E-state index >= 15 is 0 Å². The fourth-order valence-electron chi connectivity index (χ4n) is 7.26. The standard InChI is InChI=1S/C42H29N3/c1-42(2)37-17-8-7-14-33(37)35-23-22-32-34(38(35)42)15-9-16-36(32)41-44-39(30-20-18-26-10-3-5-12-28(26)24-30)43-40(45-41)31-21-19-27-11-4-6-13-29(27)25-31/h3-25H,1-2H3. The van der Waals surface area contributed by atoms with Gasteiger partial charge in [-0.25, -0.2) is 15.0 Å². The lowest BCUT2D eigenvalue weighted by Crippen LogP contribution is -2.15. The fourth-order valence-corrected chi connectivity index (χ4v) is 7.26. The summed E-state index contributed by atoms with van der Waals surface area (Å²) in [6, 6.07) is 49.5. The predicted molar refractivity (Wildman–Crippen MR) is 186 cm³/mol. The highest BCUT2D eigenvalue weighted by Gasteiger charge is 2.36. The average molecular weight is 576 g/mol. The van der Waals surface area contributed by atoms with Gasteiger partial charge in [-0.05, 0) is 66.7 Å². The predicted octanol–water partition coefficient (Wildman–Crippen LogP) is 10.6. The fraction of sp³-hybridized carbons (Fsp3) is 0.0714. The van der Waals surface area contributed by atoms with Crippen LogP contribution in [0.5, 0.6) is 0 Å². The van der Waals surface area contributed by atoms with Crippen LogP contribution in [-0.2, 0) is 5.41 Å². The molecule has 0 amide bonds. The summed E-state index contributed by atoms with van der Waals surface area (Å²) in [5.41, 5.74) is 8.20. The van der Waals surface area contributed by atoms with Crippen LogP contribution >= 0.6 is 0 Å². The molecule has 7 aromatic carbocycles. The average Bonchev–Trinajstić information content (AvgIpc) is 3.33. The maximum atomic E-state index is 5.17. The summed E-state index contributed by atoms with van der Waals surface area (Å²) >= 11 is 0. The van der Waals surface area contributed by atoms with E-state index in [2.05, 4.69) is 153 Å². The molecule has 1 aromatic heterocycles. The van der Waals surface area contributed by atoms with E-state index in [-0.39, 0.29) is 5.41 Å². The lowest BCUT2D eigenvalue weighted by atomic mass is 9.80. The second kappa shape index (κ2) is 9.67. The van der Waals surface area contributed by atoms with Crippen LogP contribution in [-0.4, -0.2) is 15.0 Å². The Bertz CT molecular complexity index is 2380.